The summed E-state index contributed by atoms with van der Waals surface area (Å²) in [7, 11) is 0. The van der Waals surface area contributed by atoms with Crippen molar-refractivity contribution in [2.24, 2.45) is 23.7 Å². The Balaban J connectivity index is 1.46. The van der Waals surface area contributed by atoms with Gasteiger partial charge in [0, 0.05) is 24.2 Å². The van der Waals surface area contributed by atoms with Gasteiger partial charge in [-0.1, -0.05) is 43.7 Å². The van der Waals surface area contributed by atoms with E-state index in [1.165, 1.54) is 24.3 Å². The van der Waals surface area contributed by atoms with Crippen molar-refractivity contribution in [2.75, 3.05) is 11.5 Å². The number of fused-ring (bicyclic) bond motifs is 1. The molecule has 0 bridgehead atoms. The smallest absolute Gasteiger partial charge is 0.271 e. The van der Waals surface area contributed by atoms with E-state index in [2.05, 4.69) is 4.98 Å². The van der Waals surface area contributed by atoms with Crippen LogP contribution in [0.3, 0.4) is 0 Å². The Hall–Kier alpha value is -4.67. The van der Waals surface area contributed by atoms with Gasteiger partial charge in [0.25, 0.3) is 5.69 Å². The number of carbonyl (C=O) groups excluding carboxylic acids is 2. The monoisotopic (exact) mass is 597 g/mol. The first-order valence-electron chi connectivity index (χ1n) is 14.7. The van der Waals surface area contributed by atoms with Gasteiger partial charge in [-0.25, -0.2) is 4.90 Å². The number of imide groups is 1. The summed E-state index contributed by atoms with van der Waals surface area (Å²) in [5, 5.41) is 43.7. The Bertz CT molecular complexity index is 1630. The lowest BCUT2D eigenvalue weighted by atomic mass is 9.66. The standard InChI is InChI=1S/C34H35N3O7/c1-20(2)26-18-27-32(34(42)36(33(27)41)23-8-6-9-24(17-23)37(43)44)28(19-38)31(26)30(40)13-12-22(29-11-3-4-14-35-29)15-21-7-5-10-25(39)16-21/h3-11,14-17,20,27-28,30,32,38-40H,12-13,18-19H2,1-2H3/b22-15-/t27-,28+,30-,32-/m1/s1. The normalized spacial score (nSPS) is 21.2. The second-order valence-corrected chi connectivity index (χ2v) is 11.6. The van der Waals surface area contributed by atoms with Crippen LogP contribution >= 0.6 is 0 Å². The zero-order valence-electron chi connectivity index (χ0n) is 24.5. The second kappa shape index (κ2) is 12.9. The Morgan fingerprint density at radius 3 is 2.52 bits per heavy atom. The van der Waals surface area contributed by atoms with Crippen molar-refractivity contribution in [1.82, 2.24) is 4.98 Å². The van der Waals surface area contributed by atoms with Crippen LogP contribution < -0.4 is 4.90 Å². The summed E-state index contributed by atoms with van der Waals surface area (Å²) in [4.78, 5) is 43.7. The first kappa shape index (κ1) is 30.8. The maximum atomic E-state index is 13.8. The van der Waals surface area contributed by atoms with Crippen molar-refractivity contribution >= 4 is 34.8 Å². The molecule has 10 heteroatoms. The Kier molecular flexibility index (Phi) is 9.03. The van der Waals surface area contributed by atoms with E-state index in [0.29, 0.717) is 17.7 Å². The van der Waals surface area contributed by atoms with Crippen molar-refractivity contribution in [3.05, 3.63) is 105 Å². The molecule has 2 heterocycles. The number of rotatable bonds is 10. The van der Waals surface area contributed by atoms with Gasteiger partial charge >= 0.3 is 0 Å². The quantitative estimate of drug-likeness (QED) is 0.126. The number of aromatic nitrogens is 1. The average molecular weight is 598 g/mol. The molecule has 0 saturated carbocycles. The van der Waals surface area contributed by atoms with Crippen LogP contribution in [0.25, 0.3) is 11.6 Å². The molecule has 0 spiro atoms. The highest BCUT2D eigenvalue weighted by Gasteiger charge is 2.55. The van der Waals surface area contributed by atoms with Gasteiger partial charge in [0.15, 0.2) is 0 Å². The first-order valence-corrected chi connectivity index (χ1v) is 14.7. The summed E-state index contributed by atoms with van der Waals surface area (Å²) in [5.41, 5.74) is 3.60. The van der Waals surface area contributed by atoms with Gasteiger partial charge < -0.3 is 15.3 Å². The highest BCUT2D eigenvalue weighted by atomic mass is 16.6. The highest BCUT2D eigenvalue weighted by Crippen LogP contribution is 2.49. The number of nitro groups is 1. The highest BCUT2D eigenvalue weighted by molar-refractivity contribution is 6.22. The summed E-state index contributed by atoms with van der Waals surface area (Å²) in [6.07, 6.45) is 3.48. The van der Waals surface area contributed by atoms with Gasteiger partial charge in [0.05, 0.1) is 40.9 Å². The fraction of sp³-hybridized carbons (Fsp3) is 0.324. The predicted molar refractivity (Wildman–Crippen MR) is 165 cm³/mol. The summed E-state index contributed by atoms with van der Waals surface area (Å²) in [5.74, 6) is -3.39. The van der Waals surface area contributed by atoms with Crippen molar-refractivity contribution in [1.29, 1.82) is 0 Å². The third kappa shape index (κ3) is 6.04. The molecule has 5 rings (SSSR count). The molecule has 228 valence electrons. The number of nitro benzene ring substituents is 1. The molecule has 2 amide bonds. The molecule has 2 aliphatic rings. The van der Waals surface area contributed by atoms with E-state index in [1.54, 1.807) is 24.4 Å². The fourth-order valence-electron chi connectivity index (χ4n) is 6.53. The lowest BCUT2D eigenvalue weighted by molar-refractivity contribution is -0.384. The van der Waals surface area contributed by atoms with Crippen LogP contribution in [-0.4, -0.2) is 49.8 Å². The molecule has 0 radical (unpaired) electrons. The molecule has 2 aromatic carbocycles. The topological polar surface area (TPSA) is 154 Å². The van der Waals surface area contributed by atoms with Crippen LogP contribution in [0.4, 0.5) is 11.4 Å². The molecule has 1 aliphatic heterocycles. The van der Waals surface area contributed by atoms with E-state index < -0.39 is 47.2 Å². The summed E-state index contributed by atoms with van der Waals surface area (Å²) in [6.45, 7) is 3.47. The fourth-order valence-corrected chi connectivity index (χ4v) is 6.53. The van der Waals surface area contributed by atoms with E-state index in [4.69, 9.17) is 0 Å². The van der Waals surface area contributed by atoms with Gasteiger partial charge in [-0.2, -0.15) is 0 Å². The van der Waals surface area contributed by atoms with Crippen molar-refractivity contribution in [3.63, 3.8) is 0 Å². The number of carbonyl (C=O) groups is 2. The number of non-ortho nitro benzene ring substituents is 1. The third-order valence-electron chi connectivity index (χ3n) is 8.56. The van der Waals surface area contributed by atoms with Crippen molar-refractivity contribution < 1.29 is 29.8 Å². The summed E-state index contributed by atoms with van der Waals surface area (Å²) in [6, 6.07) is 17.8. The van der Waals surface area contributed by atoms with Crippen LogP contribution in [0, 0.1) is 33.8 Å². The molecule has 4 atom stereocenters. The molecule has 1 fully saturated rings. The number of allylic oxidation sites excluding steroid dienone is 2. The van der Waals surface area contributed by atoms with Crippen molar-refractivity contribution in [2.45, 2.75) is 39.2 Å². The van der Waals surface area contributed by atoms with Crippen LogP contribution in [0.5, 0.6) is 5.75 Å². The van der Waals surface area contributed by atoms with Gasteiger partial charge in [0.2, 0.25) is 11.8 Å². The second-order valence-electron chi connectivity index (χ2n) is 11.6. The number of pyridine rings is 1. The molecule has 3 N–H and O–H groups in total. The molecular formula is C34H35N3O7. The van der Waals surface area contributed by atoms with Crippen LogP contribution in [0.2, 0.25) is 0 Å². The number of aliphatic hydroxyl groups is 2. The Labute approximate surface area is 255 Å². The van der Waals surface area contributed by atoms with Crippen LogP contribution in [0.15, 0.2) is 84.1 Å². The maximum Gasteiger partial charge on any atom is 0.271 e. The number of benzene rings is 2. The molecule has 1 aliphatic carbocycles. The SMILES string of the molecule is CC(C)C1=C([C@H](O)CC/C(=C/c2cccc(O)c2)c2ccccn2)[C@H](CO)[C@@H]2C(=O)N(c3cccc([N+](=O)[O-])c3)C(=O)[C@@H]2C1. The average Bonchev–Trinajstić information content (AvgIpc) is 3.27. The van der Waals surface area contributed by atoms with Crippen molar-refractivity contribution in [3.8, 4) is 5.75 Å². The molecular weight excluding hydrogens is 562 g/mol. The Morgan fingerprint density at radius 1 is 1.09 bits per heavy atom. The Morgan fingerprint density at radius 2 is 1.86 bits per heavy atom. The summed E-state index contributed by atoms with van der Waals surface area (Å²) < 4.78 is 0. The minimum atomic E-state index is -1.02. The van der Waals surface area contributed by atoms with Gasteiger partial charge in [0.1, 0.15) is 5.75 Å². The lowest BCUT2D eigenvalue weighted by Gasteiger charge is -2.38. The van der Waals surface area contributed by atoms with E-state index in [9.17, 15) is 35.0 Å². The first-order chi connectivity index (χ1) is 21.1. The number of anilines is 1. The third-order valence-corrected chi connectivity index (χ3v) is 8.56. The molecule has 1 aromatic heterocycles. The number of phenolic OH excluding ortho intramolecular Hbond substituents is 1. The van der Waals surface area contributed by atoms with Gasteiger partial charge in [-0.05, 0) is 78.3 Å². The minimum Gasteiger partial charge on any atom is -0.508 e. The predicted octanol–water partition coefficient (Wildman–Crippen LogP) is 5.15. The van der Waals surface area contributed by atoms with E-state index in [1.807, 2.05) is 44.2 Å². The molecule has 1 saturated heterocycles. The van der Waals surface area contributed by atoms with Gasteiger partial charge in [-0.3, -0.25) is 24.7 Å². The number of amides is 2. The lowest BCUT2D eigenvalue weighted by Crippen LogP contribution is -2.39. The molecule has 0 unspecified atom stereocenters. The molecule has 3 aromatic rings. The number of hydrogen-bond donors (Lipinski definition) is 3. The number of hydrogen-bond acceptors (Lipinski definition) is 8. The number of phenols is 1. The van der Waals surface area contributed by atoms with Crippen LogP contribution in [0.1, 0.15) is 44.4 Å². The number of aromatic hydroxyl groups is 1. The van der Waals surface area contributed by atoms with Gasteiger partial charge in [-0.15, -0.1) is 0 Å². The van der Waals surface area contributed by atoms with Crippen LogP contribution in [-0.2, 0) is 9.59 Å². The van der Waals surface area contributed by atoms with E-state index >= 15 is 0 Å². The maximum absolute atomic E-state index is 13.8. The van der Waals surface area contributed by atoms with E-state index in [-0.39, 0.29) is 35.9 Å². The largest absolute Gasteiger partial charge is 0.508 e. The zero-order chi connectivity index (χ0) is 31.5. The minimum absolute atomic E-state index is 0.0671. The number of nitrogens with zero attached hydrogens (tertiary/aromatic N) is 3. The zero-order valence-corrected chi connectivity index (χ0v) is 24.5. The summed E-state index contributed by atoms with van der Waals surface area (Å²) >= 11 is 0. The molecule has 10 nitrogen and oxygen atoms in total. The molecule has 44 heavy (non-hydrogen) atoms. The number of aliphatic hydroxyl groups excluding tert-OH is 2. The van der Waals surface area contributed by atoms with E-state index in [0.717, 1.165) is 21.6 Å².